The Kier molecular flexibility index (Phi) is 5.90. The number of halogens is 1. The zero-order chi connectivity index (χ0) is 14.5. The molecule has 0 aromatic heterocycles. The van der Waals surface area contributed by atoms with E-state index < -0.39 is 15.8 Å². The number of nitrogens with one attached hydrogen (secondary N) is 1. The fraction of sp³-hybridized carbons (Fsp3) is 0.538. The lowest BCUT2D eigenvalue weighted by Crippen LogP contribution is -2.29. The van der Waals surface area contributed by atoms with Gasteiger partial charge in [0.25, 0.3) is 0 Å². The SMILES string of the molecule is CCCN(C)S(=O)(=O)c1cc(F)ccc1CNCC. The Hall–Kier alpha value is -0.980. The Bertz CT molecular complexity index is 517. The highest BCUT2D eigenvalue weighted by Gasteiger charge is 2.23. The second-order valence-electron chi connectivity index (χ2n) is 4.36. The topological polar surface area (TPSA) is 49.4 Å². The van der Waals surface area contributed by atoms with Crippen molar-refractivity contribution in [3.05, 3.63) is 29.6 Å². The van der Waals surface area contributed by atoms with Crippen LogP contribution < -0.4 is 5.32 Å². The first-order valence-corrected chi connectivity index (χ1v) is 7.83. The first-order valence-electron chi connectivity index (χ1n) is 6.39. The maximum Gasteiger partial charge on any atom is 0.243 e. The van der Waals surface area contributed by atoms with Crippen LogP contribution in [0.1, 0.15) is 25.8 Å². The van der Waals surface area contributed by atoms with Crippen molar-refractivity contribution in [3.63, 3.8) is 0 Å². The molecule has 19 heavy (non-hydrogen) atoms. The van der Waals surface area contributed by atoms with E-state index in [-0.39, 0.29) is 4.90 Å². The minimum absolute atomic E-state index is 0.0457. The third-order valence-corrected chi connectivity index (χ3v) is 4.76. The summed E-state index contributed by atoms with van der Waals surface area (Å²) in [7, 11) is -2.12. The van der Waals surface area contributed by atoms with E-state index in [4.69, 9.17) is 0 Å². The predicted molar refractivity (Wildman–Crippen MR) is 73.9 cm³/mol. The zero-order valence-corrected chi connectivity index (χ0v) is 12.4. The summed E-state index contributed by atoms with van der Waals surface area (Å²) in [5.41, 5.74) is 0.589. The molecule has 0 atom stereocenters. The second kappa shape index (κ2) is 6.98. The molecular formula is C13H21FN2O2S. The van der Waals surface area contributed by atoms with Crippen molar-refractivity contribution in [3.8, 4) is 0 Å². The third-order valence-electron chi connectivity index (χ3n) is 2.82. The van der Waals surface area contributed by atoms with Gasteiger partial charge in [-0.15, -0.1) is 0 Å². The van der Waals surface area contributed by atoms with E-state index in [0.29, 0.717) is 25.1 Å². The van der Waals surface area contributed by atoms with Gasteiger partial charge in [-0.05, 0) is 30.7 Å². The lowest BCUT2D eigenvalue weighted by molar-refractivity contribution is 0.466. The van der Waals surface area contributed by atoms with Crippen LogP contribution in [-0.2, 0) is 16.6 Å². The molecule has 108 valence electrons. The molecule has 0 saturated carbocycles. The molecule has 0 bridgehead atoms. The van der Waals surface area contributed by atoms with E-state index in [1.807, 2.05) is 13.8 Å². The molecule has 0 aliphatic heterocycles. The van der Waals surface area contributed by atoms with Gasteiger partial charge in [0.2, 0.25) is 10.0 Å². The van der Waals surface area contributed by atoms with Gasteiger partial charge in [-0.25, -0.2) is 17.1 Å². The van der Waals surface area contributed by atoms with Gasteiger partial charge < -0.3 is 5.32 Å². The molecule has 1 rings (SSSR count). The molecule has 0 spiro atoms. The van der Waals surface area contributed by atoms with Gasteiger partial charge in [0.15, 0.2) is 0 Å². The highest BCUT2D eigenvalue weighted by atomic mass is 32.2. The van der Waals surface area contributed by atoms with Crippen LogP contribution in [0.4, 0.5) is 4.39 Å². The Labute approximate surface area is 114 Å². The van der Waals surface area contributed by atoms with E-state index in [2.05, 4.69) is 5.32 Å². The first-order chi connectivity index (χ1) is 8.93. The monoisotopic (exact) mass is 288 g/mol. The zero-order valence-electron chi connectivity index (χ0n) is 11.6. The molecule has 4 nitrogen and oxygen atoms in total. The summed E-state index contributed by atoms with van der Waals surface area (Å²) in [4.78, 5) is 0.0457. The standard InChI is InChI=1S/C13H21FN2O2S/c1-4-8-16(3)19(17,18)13-9-12(14)7-6-11(13)10-15-5-2/h6-7,9,15H,4-5,8,10H2,1-3H3. The molecule has 1 aromatic rings. The number of sulfonamides is 1. The molecular weight excluding hydrogens is 267 g/mol. The van der Waals surface area contributed by atoms with E-state index in [9.17, 15) is 12.8 Å². The van der Waals surface area contributed by atoms with Gasteiger partial charge in [-0.3, -0.25) is 0 Å². The van der Waals surface area contributed by atoms with E-state index in [0.717, 1.165) is 12.6 Å². The minimum atomic E-state index is -3.63. The van der Waals surface area contributed by atoms with Crippen molar-refractivity contribution < 1.29 is 12.8 Å². The van der Waals surface area contributed by atoms with Crippen molar-refractivity contribution in [2.24, 2.45) is 0 Å². The van der Waals surface area contributed by atoms with Crippen molar-refractivity contribution in [2.75, 3.05) is 20.1 Å². The van der Waals surface area contributed by atoms with Crippen LogP contribution in [0.15, 0.2) is 23.1 Å². The van der Waals surface area contributed by atoms with Crippen LogP contribution in [0.5, 0.6) is 0 Å². The van der Waals surface area contributed by atoms with Crippen molar-refractivity contribution in [1.82, 2.24) is 9.62 Å². The smallest absolute Gasteiger partial charge is 0.243 e. The molecule has 0 aliphatic carbocycles. The fourth-order valence-electron chi connectivity index (χ4n) is 1.78. The maximum atomic E-state index is 13.3. The number of rotatable bonds is 7. The molecule has 0 saturated heterocycles. The van der Waals surface area contributed by atoms with Crippen molar-refractivity contribution in [2.45, 2.75) is 31.7 Å². The molecule has 0 aliphatic rings. The van der Waals surface area contributed by atoms with Crippen molar-refractivity contribution in [1.29, 1.82) is 0 Å². The molecule has 1 N–H and O–H groups in total. The van der Waals surface area contributed by atoms with Crippen LogP contribution >= 0.6 is 0 Å². The van der Waals surface area contributed by atoms with E-state index in [1.165, 1.54) is 23.5 Å². The summed E-state index contributed by atoms with van der Waals surface area (Å²) in [5.74, 6) is -0.538. The number of hydrogen-bond acceptors (Lipinski definition) is 3. The van der Waals surface area contributed by atoms with Gasteiger partial charge in [-0.2, -0.15) is 0 Å². The summed E-state index contributed by atoms with van der Waals surface area (Å²) in [6.45, 7) is 5.38. The number of benzene rings is 1. The van der Waals surface area contributed by atoms with Crippen LogP contribution in [0, 0.1) is 5.82 Å². The van der Waals surface area contributed by atoms with Gasteiger partial charge >= 0.3 is 0 Å². The average Bonchev–Trinajstić information content (AvgIpc) is 2.37. The Morgan fingerprint density at radius 3 is 2.58 bits per heavy atom. The average molecular weight is 288 g/mol. The third kappa shape index (κ3) is 3.99. The number of nitrogens with zero attached hydrogens (tertiary/aromatic N) is 1. The lowest BCUT2D eigenvalue weighted by atomic mass is 10.2. The first kappa shape index (κ1) is 16.1. The minimum Gasteiger partial charge on any atom is -0.313 e. The fourth-order valence-corrected chi connectivity index (χ4v) is 3.27. The molecule has 6 heteroatoms. The van der Waals surface area contributed by atoms with Crippen LogP contribution in [0.3, 0.4) is 0 Å². The number of hydrogen-bond donors (Lipinski definition) is 1. The highest BCUT2D eigenvalue weighted by Crippen LogP contribution is 2.21. The van der Waals surface area contributed by atoms with Crippen LogP contribution in [-0.4, -0.2) is 32.9 Å². The maximum absolute atomic E-state index is 13.3. The van der Waals surface area contributed by atoms with Gasteiger partial charge in [0, 0.05) is 20.1 Å². The summed E-state index contributed by atoms with van der Waals surface area (Å²) < 4.78 is 39.4. The van der Waals surface area contributed by atoms with Crippen LogP contribution in [0.25, 0.3) is 0 Å². The second-order valence-corrected chi connectivity index (χ2v) is 6.37. The van der Waals surface area contributed by atoms with Crippen LogP contribution in [0.2, 0.25) is 0 Å². The summed E-state index contributed by atoms with van der Waals surface area (Å²) in [6.07, 6.45) is 0.716. The molecule has 0 amide bonds. The lowest BCUT2D eigenvalue weighted by Gasteiger charge is -2.19. The molecule has 0 unspecified atom stereocenters. The molecule has 1 aromatic carbocycles. The summed E-state index contributed by atoms with van der Waals surface area (Å²) >= 11 is 0. The highest BCUT2D eigenvalue weighted by molar-refractivity contribution is 7.89. The van der Waals surface area contributed by atoms with Gasteiger partial charge in [0.1, 0.15) is 5.82 Å². The largest absolute Gasteiger partial charge is 0.313 e. The Balaban J connectivity index is 3.19. The summed E-state index contributed by atoms with van der Waals surface area (Å²) in [5, 5.41) is 3.06. The van der Waals surface area contributed by atoms with Gasteiger partial charge in [-0.1, -0.05) is 19.9 Å². The summed E-state index contributed by atoms with van der Waals surface area (Å²) in [6, 6.07) is 3.89. The van der Waals surface area contributed by atoms with Gasteiger partial charge in [0.05, 0.1) is 4.90 Å². The van der Waals surface area contributed by atoms with E-state index in [1.54, 1.807) is 0 Å². The quantitative estimate of drug-likeness (QED) is 0.834. The predicted octanol–water partition coefficient (Wildman–Crippen LogP) is 1.97. The molecule has 0 radical (unpaired) electrons. The normalized spacial score (nSPS) is 12.1. The Morgan fingerprint density at radius 1 is 1.32 bits per heavy atom. The molecule has 0 heterocycles. The van der Waals surface area contributed by atoms with Crippen molar-refractivity contribution >= 4 is 10.0 Å². The molecule has 0 fully saturated rings. The Morgan fingerprint density at radius 2 is 2.00 bits per heavy atom. The van der Waals surface area contributed by atoms with E-state index >= 15 is 0 Å².